The summed E-state index contributed by atoms with van der Waals surface area (Å²) in [6, 6.07) is 25.0. The Balaban J connectivity index is 1.53. The maximum absolute atomic E-state index is 11.4. The van der Waals surface area contributed by atoms with Crippen molar-refractivity contribution in [1.29, 1.82) is 0 Å². The highest BCUT2D eigenvalue weighted by Gasteiger charge is 2.20. The van der Waals surface area contributed by atoms with Crippen molar-refractivity contribution in [3.63, 3.8) is 0 Å². The fraction of sp³-hybridized carbons (Fsp3) is 0.361. The third kappa shape index (κ3) is 9.28. The van der Waals surface area contributed by atoms with Crippen molar-refractivity contribution in [3.8, 4) is 0 Å². The minimum atomic E-state index is -0.369. The molecule has 8 nitrogen and oxygen atoms in total. The Kier molecular flexibility index (Phi) is 11.3. The molecule has 0 unspecified atom stereocenters. The number of hydrogen-bond donors (Lipinski definition) is 1. The Bertz CT molecular complexity index is 1500. The highest BCUT2D eigenvalue weighted by atomic mass is 16.6. The highest BCUT2D eigenvalue weighted by Crippen LogP contribution is 2.20. The normalized spacial score (nSPS) is 13.8. The fourth-order valence-electron chi connectivity index (χ4n) is 4.84. The van der Waals surface area contributed by atoms with Gasteiger partial charge in [-0.1, -0.05) is 106 Å². The van der Waals surface area contributed by atoms with Crippen LogP contribution in [-0.2, 0) is 35.6 Å². The largest absolute Gasteiger partial charge is 0.397 e. The summed E-state index contributed by atoms with van der Waals surface area (Å²) in [6.07, 6.45) is 4.44. The first-order valence-electron chi connectivity index (χ1n) is 15.1. The Morgan fingerprint density at radius 2 is 1.61 bits per heavy atom. The Morgan fingerprint density at radius 1 is 0.977 bits per heavy atom. The van der Waals surface area contributed by atoms with Crippen LogP contribution in [0.5, 0.6) is 0 Å². The Hall–Kier alpha value is -4.43. The van der Waals surface area contributed by atoms with E-state index >= 15 is 0 Å². The van der Waals surface area contributed by atoms with Crippen molar-refractivity contribution >= 4 is 30.0 Å². The number of amidine groups is 1. The smallest absolute Gasteiger partial charge is 0.221 e. The molecule has 0 saturated carbocycles. The molecule has 0 fully saturated rings. The van der Waals surface area contributed by atoms with E-state index in [0.717, 1.165) is 65.2 Å². The summed E-state index contributed by atoms with van der Waals surface area (Å²) in [7, 11) is 1.53. The van der Waals surface area contributed by atoms with Crippen LogP contribution in [0, 0.1) is 11.3 Å². The van der Waals surface area contributed by atoms with E-state index < -0.39 is 0 Å². The van der Waals surface area contributed by atoms with Gasteiger partial charge in [0, 0.05) is 36.8 Å². The zero-order valence-electron chi connectivity index (χ0n) is 26.5. The fourth-order valence-corrected chi connectivity index (χ4v) is 4.84. The summed E-state index contributed by atoms with van der Waals surface area (Å²) >= 11 is 0. The molecule has 0 atom stereocenters. The van der Waals surface area contributed by atoms with Crippen LogP contribution in [0.25, 0.3) is 0 Å². The van der Waals surface area contributed by atoms with Crippen LogP contribution in [0.3, 0.4) is 0 Å². The maximum atomic E-state index is 11.4. The first kappa shape index (κ1) is 32.5. The van der Waals surface area contributed by atoms with Gasteiger partial charge in [0.25, 0.3) is 0 Å². The number of nitrogens with zero attached hydrogens (tertiary/aromatic N) is 5. The van der Waals surface area contributed by atoms with Crippen LogP contribution in [0.4, 0.5) is 0 Å². The molecule has 230 valence electrons. The van der Waals surface area contributed by atoms with Gasteiger partial charge in [-0.25, -0.2) is 15.0 Å². The number of rotatable bonds is 13. The van der Waals surface area contributed by atoms with Crippen molar-refractivity contribution in [3.05, 3.63) is 106 Å². The summed E-state index contributed by atoms with van der Waals surface area (Å²) in [5.41, 5.74) is 12.9. The van der Waals surface area contributed by atoms with E-state index in [2.05, 4.69) is 77.4 Å². The van der Waals surface area contributed by atoms with E-state index in [-0.39, 0.29) is 5.41 Å². The minimum absolute atomic E-state index is 0.306. The standard InChI is InChI=1S/C36H44N6O2/c1-26(2)22-38-34(41-44-5)32-16-12-30(13-17-32)24-42(19-18-27-6-8-28(9-7-27)20-36(3,4)25-43)35-39-23-33(40-35)31-14-10-29(21-37)11-15-31/h6-17,22,25-26H,18-21,23-24,37H2,1-5H3/b38-22?,41-34-. The lowest BCUT2D eigenvalue weighted by Crippen LogP contribution is -2.30. The molecule has 0 aromatic heterocycles. The molecule has 4 rings (SSSR count). The molecule has 0 amide bonds. The second-order valence-corrected chi connectivity index (χ2v) is 12.2. The molecular formula is C36H44N6O2. The van der Waals surface area contributed by atoms with Crippen LogP contribution >= 0.6 is 0 Å². The molecule has 0 aliphatic carbocycles. The molecule has 0 bridgehead atoms. The number of guanidine groups is 1. The third-order valence-corrected chi connectivity index (χ3v) is 7.34. The molecule has 1 aliphatic heterocycles. The molecular weight excluding hydrogens is 548 g/mol. The van der Waals surface area contributed by atoms with Gasteiger partial charge in [0.15, 0.2) is 5.84 Å². The van der Waals surface area contributed by atoms with Gasteiger partial charge < -0.3 is 20.3 Å². The van der Waals surface area contributed by atoms with E-state index in [4.69, 9.17) is 20.6 Å². The monoisotopic (exact) mass is 592 g/mol. The van der Waals surface area contributed by atoms with Crippen molar-refractivity contribution in [2.45, 2.75) is 53.6 Å². The molecule has 2 N–H and O–H groups in total. The van der Waals surface area contributed by atoms with Gasteiger partial charge in [-0.15, -0.1) is 0 Å². The molecule has 1 heterocycles. The quantitative estimate of drug-likeness (QED) is 0.116. The third-order valence-electron chi connectivity index (χ3n) is 7.34. The molecule has 44 heavy (non-hydrogen) atoms. The number of benzene rings is 3. The van der Waals surface area contributed by atoms with Crippen LogP contribution in [0.1, 0.15) is 61.1 Å². The van der Waals surface area contributed by atoms with Gasteiger partial charge in [-0.05, 0) is 46.6 Å². The second-order valence-electron chi connectivity index (χ2n) is 12.2. The SMILES string of the molecule is CO/N=C(\N=CC(C)C)c1ccc(CN(CCc2ccc(CC(C)(C)C=O)cc2)C2=NCC(c3ccc(CN)cc3)=N2)cc1. The number of oxime groups is 1. The minimum Gasteiger partial charge on any atom is -0.397 e. The lowest BCUT2D eigenvalue weighted by atomic mass is 9.87. The predicted molar refractivity (Wildman–Crippen MR) is 181 cm³/mol. The first-order chi connectivity index (χ1) is 21.2. The van der Waals surface area contributed by atoms with E-state index in [1.165, 1.54) is 12.7 Å². The van der Waals surface area contributed by atoms with Crippen molar-refractivity contribution in [2.24, 2.45) is 37.2 Å². The van der Waals surface area contributed by atoms with Crippen LogP contribution < -0.4 is 5.73 Å². The summed E-state index contributed by atoms with van der Waals surface area (Å²) < 4.78 is 0. The number of nitrogens with two attached hydrogens (primary N) is 1. The molecule has 0 spiro atoms. The molecule has 3 aromatic carbocycles. The Labute approximate surface area is 261 Å². The maximum Gasteiger partial charge on any atom is 0.221 e. The van der Waals surface area contributed by atoms with Crippen LogP contribution in [0.2, 0.25) is 0 Å². The molecule has 1 aliphatic rings. The lowest BCUT2D eigenvalue weighted by molar-refractivity contribution is -0.114. The van der Waals surface area contributed by atoms with Crippen molar-refractivity contribution in [1.82, 2.24) is 4.90 Å². The molecule has 0 radical (unpaired) electrons. The summed E-state index contributed by atoms with van der Waals surface area (Å²) in [5.74, 6) is 1.58. The summed E-state index contributed by atoms with van der Waals surface area (Å²) in [6.45, 7) is 10.5. The highest BCUT2D eigenvalue weighted by molar-refractivity contribution is 6.12. The average Bonchev–Trinajstić information content (AvgIpc) is 3.52. The number of aldehydes is 1. The number of carbonyl (C=O) groups is 1. The van der Waals surface area contributed by atoms with E-state index in [1.807, 2.05) is 44.3 Å². The average molecular weight is 593 g/mol. The second kappa shape index (κ2) is 15.3. The summed E-state index contributed by atoms with van der Waals surface area (Å²) in [4.78, 5) is 33.0. The van der Waals surface area contributed by atoms with Gasteiger partial charge in [-0.2, -0.15) is 0 Å². The van der Waals surface area contributed by atoms with Crippen molar-refractivity contribution < 1.29 is 9.63 Å². The van der Waals surface area contributed by atoms with Crippen molar-refractivity contribution in [2.75, 3.05) is 20.2 Å². The molecule has 0 saturated heterocycles. The summed E-state index contributed by atoms with van der Waals surface area (Å²) in [5, 5.41) is 4.11. The van der Waals surface area contributed by atoms with Gasteiger partial charge >= 0.3 is 0 Å². The topological polar surface area (TPSA) is 105 Å². The van der Waals surface area contributed by atoms with Crippen LogP contribution in [0.15, 0.2) is 92.9 Å². The lowest BCUT2D eigenvalue weighted by Gasteiger charge is -2.23. The number of aliphatic imine (C=N–C) groups is 3. The molecule has 8 heteroatoms. The molecule has 3 aromatic rings. The first-order valence-corrected chi connectivity index (χ1v) is 15.1. The predicted octanol–water partition coefficient (Wildman–Crippen LogP) is 5.85. The van der Waals surface area contributed by atoms with Gasteiger partial charge in [0.2, 0.25) is 5.96 Å². The van der Waals surface area contributed by atoms with E-state index in [0.29, 0.717) is 31.4 Å². The van der Waals surface area contributed by atoms with Gasteiger partial charge in [0.1, 0.15) is 13.4 Å². The zero-order chi connectivity index (χ0) is 31.5. The van der Waals surface area contributed by atoms with E-state index in [1.54, 1.807) is 0 Å². The van der Waals surface area contributed by atoms with Gasteiger partial charge in [-0.3, -0.25) is 0 Å². The van der Waals surface area contributed by atoms with Crippen LogP contribution in [-0.4, -0.2) is 55.1 Å². The van der Waals surface area contributed by atoms with E-state index in [9.17, 15) is 4.79 Å². The number of carbonyl (C=O) groups excluding carboxylic acids is 1. The zero-order valence-corrected chi connectivity index (χ0v) is 26.5. The number of hydrogen-bond acceptors (Lipinski definition) is 7. The van der Waals surface area contributed by atoms with Gasteiger partial charge in [0.05, 0.1) is 12.3 Å². The Morgan fingerprint density at radius 3 is 2.23 bits per heavy atom.